The molecule has 5 aromatic heterocycles. The zero-order chi connectivity index (χ0) is 33.4. The first-order valence-corrected chi connectivity index (χ1v) is 18.1. The Morgan fingerprint density at radius 2 is 1.43 bits per heavy atom. The largest absolute Gasteiger partial charge is 0.455 e. The average molecular weight is 656 g/mol. The first-order chi connectivity index (χ1) is 25.2. The highest BCUT2D eigenvalue weighted by molar-refractivity contribution is 6.33. The molecular weight excluding hydrogens is 623 g/mol. The van der Waals surface area contributed by atoms with E-state index in [9.17, 15) is 0 Å². The summed E-state index contributed by atoms with van der Waals surface area (Å²) in [6.45, 7) is 4.78. The molecule has 4 heteroatoms. The van der Waals surface area contributed by atoms with Gasteiger partial charge in [-0.15, -0.1) is 0 Å². The van der Waals surface area contributed by atoms with Gasteiger partial charge in [-0.1, -0.05) is 54.6 Å². The molecule has 2 unspecified atom stereocenters. The number of allylic oxidation sites excluding steroid dienone is 1. The topological polar surface area (TPSA) is 25.3 Å². The Bertz CT molecular complexity index is 3110. The van der Waals surface area contributed by atoms with Gasteiger partial charge in [-0.05, 0) is 79.1 Å². The number of aromatic nitrogens is 3. The lowest BCUT2D eigenvalue weighted by atomic mass is 9.77. The third kappa shape index (κ3) is 3.59. The molecule has 0 spiro atoms. The maximum Gasteiger partial charge on any atom is 0.218 e. The Labute approximate surface area is 294 Å². The zero-order valence-electron chi connectivity index (χ0n) is 28.0. The molecule has 5 aromatic carbocycles. The van der Waals surface area contributed by atoms with Crippen molar-refractivity contribution < 1.29 is 13.6 Å². The predicted molar refractivity (Wildman–Crippen MR) is 206 cm³/mol. The molecule has 0 bridgehead atoms. The molecule has 240 valence electrons. The van der Waals surface area contributed by atoms with Crippen molar-refractivity contribution in [2.45, 2.75) is 31.2 Å². The van der Waals surface area contributed by atoms with Crippen molar-refractivity contribution in [3.05, 3.63) is 157 Å². The first kappa shape index (κ1) is 27.5. The van der Waals surface area contributed by atoms with E-state index in [1.54, 1.807) is 0 Å². The second-order valence-corrected chi connectivity index (χ2v) is 14.5. The summed E-state index contributed by atoms with van der Waals surface area (Å²) in [5.74, 6) is 0.348. The summed E-state index contributed by atoms with van der Waals surface area (Å²) in [6, 6.07) is 47.2. The van der Waals surface area contributed by atoms with E-state index in [0.29, 0.717) is 5.92 Å². The molecule has 2 atom stereocenters. The third-order valence-electron chi connectivity index (χ3n) is 12.0. The number of hydrogen-bond donors (Lipinski definition) is 0. The van der Waals surface area contributed by atoms with Crippen LogP contribution in [-0.2, 0) is 6.42 Å². The van der Waals surface area contributed by atoms with E-state index >= 15 is 0 Å². The fourth-order valence-electron chi connectivity index (χ4n) is 9.87. The Morgan fingerprint density at radius 1 is 0.647 bits per heavy atom. The van der Waals surface area contributed by atoms with Crippen molar-refractivity contribution in [3.63, 3.8) is 0 Å². The van der Waals surface area contributed by atoms with Crippen LogP contribution in [0.25, 0.3) is 88.2 Å². The average Bonchev–Trinajstić information content (AvgIpc) is 3.83. The maximum absolute atomic E-state index is 6.66. The van der Waals surface area contributed by atoms with E-state index < -0.39 is 0 Å². The molecular formula is C47H33N3O+2. The van der Waals surface area contributed by atoms with Crippen LogP contribution in [0.5, 0.6) is 0 Å². The number of hydrogen-bond acceptors (Lipinski definition) is 1. The summed E-state index contributed by atoms with van der Waals surface area (Å²) < 4.78 is 14.0. The van der Waals surface area contributed by atoms with E-state index in [0.717, 1.165) is 41.5 Å². The SMILES string of the molecule is C=C1CC2C(CCc3cc4c(cc3-c3cccc[n+]31)c1cc3c5ccccc5oc3c3c5ccccc5n4c13)c1ccccc1-c1cccc[n+]12. The zero-order valence-corrected chi connectivity index (χ0v) is 28.0. The quantitative estimate of drug-likeness (QED) is 0.149. The van der Waals surface area contributed by atoms with Crippen LogP contribution >= 0.6 is 0 Å². The molecule has 10 aromatic rings. The number of furan rings is 1. The minimum atomic E-state index is 0.266. The summed E-state index contributed by atoms with van der Waals surface area (Å²) in [5, 5.41) is 7.31. The van der Waals surface area contributed by atoms with Gasteiger partial charge in [0.25, 0.3) is 0 Å². The van der Waals surface area contributed by atoms with E-state index in [2.05, 4.69) is 153 Å². The number of aryl methyl sites for hydroxylation is 1. The van der Waals surface area contributed by atoms with E-state index in [-0.39, 0.29) is 6.04 Å². The molecule has 0 saturated heterocycles. The summed E-state index contributed by atoms with van der Waals surface area (Å²) in [6.07, 6.45) is 7.36. The van der Waals surface area contributed by atoms with Crippen molar-refractivity contribution in [2.75, 3.05) is 0 Å². The number of benzene rings is 5. The van der Waals surface area contributed by atoms with Gasteiger partial charge in [-0.2, -0.15) is 9.13 Å². The lowest BCUT2D eigenvalue weighted by Gasteiger charge is -2.31. The monoisotopic (exact) mass is 655 g/mol. The Kier molecular flexibility index (Phi) is 5.36. The van der Waals surface area contributed by atoms with E-state index in [1.165, 1.54) is 77.1 Å². The number of rotatable bonds is 0. The van der Waals surface area contributed by atoms with Crippen LogP contribution < -0.4 is 9.13 Å². The summed E-state index contributed by atoms with van der Waals surface area (Å²) in [5.41, 5.74) is 14.7. The molecule has 7 heterocycles. The van der Waals surface area contributed by atoms with Crippen LogP contribution in [0.1, 0.15) is 35.9 Å². The summed E-state index contributed by atoms with van der Waals surface area (Å²) >= 11 is 0. The van der Waals surface area contributed by atoms with Crippen molar-refractivity contribution >= 4 is 65.7 Å². The molecule has 0 N–H and O–H groups in total. The number of pyridine rings is 2. The van der Waals surface area contributed by atoms with E-state index in [4.69, 9.17) is 11.0 Å². The van der Waals surface area contributed by atoms with Gasteiger partial charge in [0.1, 0.15) is 11.2 Å². The molecule has 2 aliphatic rings. The molecule has 0 aliphatic carbocycles. The number of para-hydroxylation sites is 2. The van der Waals surface area contributed by atoms with Gasteiger partial charge in [0.15, 0.2) is 24.1 Å². The maximum atomic E-state index is 6.66. The van der Waals surface area contributed by atoms with E-state index in [1.807, 2.05) is 0 Å². The fraction of sp³-hybridized carbons (Fsp3) is 0.106. The second-order valence-electron chi connectivity index (χ2n) is 14.5. The van der Waals surface area contributed by atoms with Gasteiger partial charge in [0.05, 0.1) is 33.9 Å². The highest BCUT2D eigenvalue weighted by atomic mass is 16.3. The van der Waals surface area contributed by atoms with Gasteiger partial charge >= 0.3 is 0 Å². The summed E-state index contributed by atoms with van der Waals surface area (Å²) in [4.78, 5) is 0. The molecule has 12 rings (SSSR count). The van der Waals surface area contributed by atoms with Crippen LogP contribution in [0.15, 0.2) is 151 Å². The highest BCUT2D eigenvalue weighted by Gasteiger charge is 2.42. The molecule has 0 saturated carbocycles. The normalized spacial score (nSPS) is 17.2. The Hall–Kier alpha value is -6.26. The lowest BCUT2D eigenvalue weighted by molar-refractivity contribution is -0.720. The Balaban J connectivity index is 1.17. The lowest BCUT2D eigenvalue weighted by Crippen LogP contribution is -2.49. The van der Waals surface area contributed by atoms with Crippen molar-refractivity contribution in [2.24, 2.45) is 0 Å². The molecule has 2 aliphatic heterocycles. The molecule has 4 nitrogen and oxygen atoms in total. The second kappa shape index (κ2) is 9.92. The summed E-state index contributed by atoms with van der Waals surface area (Å²) in [7, 11) is 0. The first-order valence-electron chi connectivity index (χ1n) is 18.1. The van der Waals surface area contributed by atoms with Crippen LogP contribution in [-0.4, -0.2) is 4.40 Å². The third-order valence-corrected chi connectivity index (χ3v) is 12.0. The van der Waals surface area contributed by atoms with Gasteiger partial charge in [0, 0.05) is 62.7 Å². The minimum Gasteiger partial charge on any atom is -0.455 e. The molecule has 0 amide bonds. The van der Waals surface area contributed by atoms with Gasteiger partial charge in [0.2, 0.25) is 11.4 Å². The fourth-order valence-corrected chi connectivity index (χ4v) is 9.87. The minimum absolute atomic E-state index is 0.266. The van der Waals surface area contributed by atoms with Gasteiger partial charge in [-0.3, -0.25) is 0 Å². The number of nitrogens with zero attached hydrogens (tertiary/aromatic N) is 3. The number of fused-ring (bicyclic) bond motifs is 19. The smallest absolute Gasteiger partial charge is 0.218 e. The van der Waals surface area contributed by atoms with Crippen LogP contribution in [0.3, 0.4) is 0 Å². The standard InChI is InChI=1S/C47H33N3O/c1-28-24-42-32(30-12-2-3-13-31(30)39-16-9-11-23-49(39)42)21-20-29-25-43-36(26-35(29)40-17-8-10-22-48(28)40)37-27-38-33-14-5-7-19-44(33)51-47(38)45-34-15-4-6-18-41(34)50(43)46(37)45/h2-19,22-23,25-27,32,42H,1,20-21,24H2/q+2. The van der Waals surface area contributed by atoms with Crippen molar-refractivity contribution in [1.29, 1.82) is 0 Å². The van der Waals surface area contributed by atoms with Crippen molar-refractivity contribution in [1.82, 2.24) is 4.40 Å². The highest BCUT2D eigenvalue weighted by Crippen LogP contribution is 2.48. The van der Waals surface area contributed by atoms with Crippen molar-refractivity contribution in [3.8, 4) is 22.5 Å². The van der Waals surface area contributed by atoms with Crippen LogP contribution in [0, 0.1) is 0 Å². The van der Waals surface area contributed by atoms with Gasteiger partial charge < -0.3 is 8.82 Å². The Morgan fingerprint density at radius 3 is 2.37 bits per heavy atom. The predicted octanol–water partition coefficient (Wildman–Crippen LogP) is 10.8. The molecule has 0 radical (unpaired) electrons. The molecule has 51 heavy (non-hydrogen) atoms. The molecule has 0 fully saturated rings. The van der Waals surface area contributed by atoms with Crippen LogP contribution in [0.2, 0.25) is 0 Å². The van der Waals surface area contributed by atoms with Gasteiger partial charge in [-0.25, -0.2) is 0 Å². The van der Waals surface area contributed by atoms with Crippen LogP contribution in [0.4, 0.5) is 0 Å².